The van der Waals surface area contributed by atoms with Gasteiger partial charge in [0.15, 0.2) is 0 Å². The van der Waals surface area contributed by atoms with Crippen LogP contribution >= 0.6 is 11.3 Å². The van der Waals surface area contributed by atoms with Crippen LogP contribution in [0.4, 0.5) is 0 Å². The van der Waals surface area contributed by atoms with Crippen LogP contribution in [0.3, 0.4) is 0 Å². The number of amides is 1. The quantitative estimate of drug-likeness (QED) is 0.925. The highest BCUT2D eigenvalue weighted by atomic mass is 32.1. The van der Waals surface area contributed by atoms with Crippen molar-refractivity contribution in [3.63, 3.8) is 0 Å². The van der Waals surface area contributed by atoms with E-state index in [2.05, 4.69) is 22.8 Å². The highest BCUT2D eigenvalue weighted by Crippen LogP contribution is 2.37. The van der Waals surface area contributed by atoms with Crippen molar-refractivity contribution in [2.24, 2.45) is 0 Å². The number of benzene rings is 1. The Balaban J connectivity index is 1.77. The molecule has 0 unspecified atom stereocenters. The van der Waals surface area contributed by atoms with E-state index >= 15 is 0 Å². The highest BCUT2D eigenvalue weighted by Gasteiger charge is 2.35. The van der Waals surface area contributed by atoms with Crippen LogP contribution in [0.5, 0.6) is 0 Å². The number of hydrogen-bond acceptors (Lipinski definition) is 3. The Morgan fingerprint density at radius 3 is 2.74 bits per heavy atom. The van der Waals surface area contributed by atoms with Gasteiger partial charge >= 0.3 is 0 Å². The van der Waals surface area contributed by atoms with E-state index in [0.29, 0.717) is 6.54 Å². The molecule has 0 bridgehead atoms. The molecular formula is C19H23NO2S. The fourth-order valence-corrected chi connectivity index (χ4v) is 4.17. The van der Waals surface area contributed by atoms with Crippen molar-refractivity contribution in [3.05, 3.63) is 57.3 Å². The van der Waals surface area contributed by atoms with E-state index in [0.717, 1.165) is 42.7 Å². The molecule has 4 heteroatoms. The molecule has 3 nitrogen and oxygen atoms in total. The van der Waals surface area contributed by atoms with E-state index in [1.54, 1.807) is 11.3 Å². The number of hydrogen-bond donors (Lipinski definition) is 1. The lowest BCUT2D eigenvalue weighted by Crippen LogP contribution is -2.44. The topological polar surface area (TPSA) is 38.3 Å². The first-order chi connectivity index (χ1) is 11.1. The summed E-state index contributed by atoms with van der Waals surface area (Å²) in [5.74, 6) is 0.0219. The largest absolute Gasteiger partial charge is 0.381 e. The van der Waals surface area contributed by atoms with Crippen molar-refractivity contribution >= 4 is 17.2 Å². The zero-order chi connectivity index (χ0) is 16.3. The molecule has 1 aliphatic heterocycles. The van der Waals surface area contributed by atoms with Crippen LogP contribution in [0.25, 0.3) is 0 Å². The number of ether oxygens (including phenoxy) is 1. The Morgan fingerprint density at radius 2 is 2.04 bits per heavy atom. The second kappa shape index (κ2) is 6.85. The van der Waals surface area contributed by atoms with Crippen molar-refractivity contribution in [2.45, 2.75) is 32.1 Å². The van der Waals surface area contributed by atoms with E-state index in [-0.39, 0.29) is 11.3 Å². The summed E-state index contributed by atoms with van der Waals surface area (Å²) < 4.78 is 5.54. The van der Waals surface area contributed by atoms with Gasteiger partial charge in [0.05, 0.1) is 0 Å². The third-order valence-corrected chi connectivity index (χ3v) is 5.84. The summed E-state index contributed by atoms with van der Waals surface area (Å²) >= 11 is 1.77. The van der Waals surface area contributed by atoms with Gasteiger partial charge in [-0.1, -0.05) is 23.8 Å². The number of thiophene rings is 1. The van der Waals surface area contributed by atoms with Gasteiger partial charge in [-0.15, -0.1) is 11.3 Å². The van der Waals surface area contributed by atoms with Gasteiger partial charge in [-0.05, 0) is 49.8 Å². The Bertz CT molecular complexity index is 673. The van der Waals surface area contributed by atoms with Crippen LogP contribution in [0.1, 0.15) is 39.2 Å². The molecule has 23 heavy (non-hydrogen) atoms. The molecule has 0 radical (unpaired) electrons. The Kier molecular flexibility index (Phi) is 4.83. The molecular weight excluding hydrogens is 306 g/mol. The fourth-order valence-electron chi connectivity index (χ4n) is 3.18. The maximum atomic E-state index is 12.6. The zero-order valence-electron chi connectivity index (χ0n) is 13.7. The van der Waals surface area contributed by atoms with Crippen molar-refractivity contribution < 1.29 is 9.53 Å². The van der Waals surface area contributed by atoms with Crippen LogP contribution in [0.2, 0.25) is 0 Å². The van der Waals surface area contributed by atoms with Gasteiger partial charge in [-0.2, -0.15) is 0 Å². The molecule has 2 heterocycles. The molecule has 0 aliphatic carbocycles. The monoisotopic (exact) mass is 329 g/mol. The lowest BCUT2D eigenvalue weighted by Gasteiger charge is -2.36. The van der Waals surface area contributed by atoms with E-state index in [1.165, 1.54) is 4.88 Å². The van der Waals surface area contributed by atoms with Crippen LogP contribution in [0, 0.1) is 13.8 Å². The van der Waals surface area contributed by atoms with E-state index in [9.17, 15) is 4.79 Å². The molecule has 1 saturated heterocycles. The number of nitrogens with one attached hydrogen (secondary N) is 1. The Hall–Kier alpha value is -1.65. The summed E-state index contributed by atoms with van der Waals surface area (Å²) in [5.41, 5.74) is 2.92. The molecule has 122 valence electrons. The second-order valence-electron chi connectivity index (χ2n) is 6.37. The minimum Gasteiger partial charge on any atom is -0.381 e. The first kappa shape index (κ1) is 16.2. The number of carbonyl (C=O) groups is 1. The second-order valence-corrected chi connectivity index (χ2v) is 7.32. The number of aryl methyl sites for hydroxylation is 2. The van der Waals surface area contributed by atoms with Crippen LogP contribution in [-0.4, -0.2) is 25.7 Å². The fraction of sp³-hybridized carbons (Fsp3) is 0.421. The Labute approximate surface area is 141 Å². The van der Waals surface area contributed by atoms with Crippen LogP contribution < -0.4 is 5.32 Å². The standard InChI is InChI=1S/C19H23NO2S/c1-14-5-6-15(2)16(12-14)18(21)20-13-19(7-9-22-10-8-19)17-4-3-11-23-17/h3-6,11-12H,7-10,13H2,1-2H3,(H,20,21). The molecule has 1 fully saturated rings. The SMILES string of the molecule is Cc1ccc(C)c(C(=O)NCC2(c3cccs3)CCOCC2)c1. The van der Waals surface area contributed by atoms with Gasteiger partial charge in [0, 0.05) is 35.6 Å². The summed E-state index contributed by atoms with van der Waals surface area (Å²) in [6, 6.07) is 10.3. The van der Waals surface area contributed by atoms with E-state index < -0.39 is 0 Å². The zero-order valence-corrected chi connectivity index (χ0v) is 14.5. The minimum absolute atomic E-state index is 0.0137. The van der Waals surface area contributed by atoms with Crippen molar-refractivity contribution in [1.82, 2.24) is 5.32 Å². The molecule has 0 atom stereocenters. The molecule has 0 spiro atoms. The summed E-state index contributed by atoms with van der Waals surface area (Å²) in [4.78, 5) is 14.0. The predicted octanol–water partition coefficient (Wildman–Crippen LogP) is 3.84. The summed E-state index contributed by atoms with van der Waals surface area (Å²) in [5, 5.41) is 5.29. The van der Waals surface area contributed by atoms with Gasteiger partial charge in [-0.25, -0.2) is 0 Å². The van der Waals surface area contributed by atoms with Crippen molar-refractivity contribution in [3.8, 4) is 0 Å². The molecule has 1 aliphatic rings. The van der Waals surface area contributed by atoms with Gasteiger partial charge in [0.2, 0.25) is 0 Å². The molecule has 0 saturated carbocycles. The summed E-state index contributed by atoms with van der Waals surface area (Å²) in [6.07, 6.45) is 1.92. The first-order valence-corrected chi connectivity index (χ1v) is 8.96. The lowest BCUT2D eigenvalue weighted by atomic mass is 9.78. The molecule has 2 aromatic rings. The summed E-state index contributed by atoms with van der Waals surface area (Å²) in [7, 11) is 0. The van der Waals surface area contributed by atoms with E-state index in [4.69, 9.17) is 4.74 Å². The minimum atomic E-state index is 0.0137. The van der Waals surface area contributed by atoms with Crippen molar-refractivity contribution in [2.75, 3.05) is 19.8 Å². The number of carbonyl (C=O) groups excluding carboxylic acids is 1. The van der Waals surface area contributed by atoms with Gasteiger partial charge in [-0.3, -0.25) is 4.79 Å². The lowest BCUT2D eigenvalue weighted by molar-refractivity contribution is 0.0499. The molecule has 3 rings (SSSR count). The summed E-state index contributed by atoms with van der Waals surface area (Å²) in [6.45, 7) is 6.19. The van der Waals surface area contributed by atoms with Crippen molar-refractivity contribution in [1.29, 1.82) is 0 Å². The Morgan fingerprint density at radius 1 is 1.26 bits per heavy atom. The molecule has 1 amide bonds. The van der Waals surface area contributed by atoms with Gasteiger partial charge in [0.1, 0.15) is 0 Å². The number of rotatable bonds is 4. The van der Waals surface area contributed by atoms with Crippen LogP contribution in [0.15, 0.2) is 35.7 Å². The predicted molar refractivity (Wildman–Crippen MR) is 94.3 cm³/mol. The van der Waals surface area contributed by atoms with E-state index in [1.807, 2.05) is 32.0 Å². The highest BCUT2D eigenvalue weighted by molar-refractivity contribution is 7.10. The molecule has 1 aromatic heterocycles. The van der Waals surface area contributed by atoms with Crippen LogP contribution in [-0.2, 0) is 10.2 Å². The third kappa shape index (κ3) is 3.48. The normalized spacial score (nSPS) is 17.0. The smallest absolute Gasteiger partial charge is 0.251 e. The van der Waals surface area contributed by atoms with Gasteiger partial charge in [0.25, 0.3) is 5.91 Å². The third-order valence-electron chi connectivity index (χ3n) is 4.72. The average molecular weight is 329 g/mol. The molecule has 1 aromatic carbocycles. The first-order valence-electron chi connectivity index (χ1n) is 8.08. The van der Waals surface area contributed by atoms with Gasteiger partial charge < -0.3 is 10.1 Å². The maximum absolute atomic E-state index is 12.6. The average Bonchev–Trinajstić information content (AvgIpc) is 3.11. The maximum Gasteiger partial charge on any atom is 0.251 e. The molecule has 1 N–H and O–H groups in total.